The molecule has 9 heteroatoms. The van der Waals surface area contributed by atoms with Gasteiger partial charge in [-0.3, -0.25) is 0 Å². The van der Waals surface area contributed by atoms with Gasteiger partial charge in [-0.25, -0.2) is 32.4 Å². The Morgan fingerprint density at radius 1 is 1.15 bits per heavy atom. The zero-order valence-corrected chi connectivity index (χ0v) is 15.5. The number of rotatable bonds is 3. The minimum atomic E-state index is -3.14. The quantitative estimate of drug-likeness (QED) is 0.686. The first-order valence-electron chi connectivity index (χ1n) is 8.64. The van der Waals surface area contributed by atoms with Crippen LogP contribution in [-0.2, 0) is 9.84 Å². The molecule has 0 radical (unpaired) electrons. The zero-order chi connectivity index (χ0) is 19.0. The summed E-state index contributed by atoms with van der Waals surface area (Å²) >= 11 is 0. The minimum absolute atomic E-state index is 0.00222. The second-order valence-electron chi connectivity index (χ2n) is 6.65. The highest BCUT2D eigenvalue weighted by Gasteiger charge is 2.30. The molecular formula is C18H18FN5O2S. The topological polar surface area (TPSA) is 90.6 Å². The Kier molecular flexibility index (Phi) is 4.47. The van der Waals surface area contributed by atoms with Crippen molar-refractivity contribution in [2.24, 2.45) is 0 Å². The number of aromatic nitrogens is 5. The molecule has 1 fully saturated rings. The highest BCUT2D eigenvalue weighted by molar-refractivity contribution is 7.91. The summed E-state index contributed by atoms with van der Waals surface area (Å²) in [5, 5.41) is 4.60. The average Bonchev–Trinajstić information content (AvgIpc) is 3.07. The molecule has 1 unspecified atom stereocenters. The Balaban J connectivity index is 1.85. The summed E-state index contributed by atoms with van der Waals surface area (Å²) in [6.07, 6.45) is 3.36. The molecule has 3 heterocycles. The molecule has 140 valence electrons. The van der Waals surface area contributed by atoms with Crippen LogP contribution in [0.3, 0.4) is 0 Å². The molecule has 1 aliphatic rings. The SMILES string of the molecule is Cc1ccccc1-c1nc(-c2ncc(F)cn2)n(C2CCCS(=O)(=O)C2)n1. The van der Waals surface area contributed by atoms with Gasteiger partial charge in [0.25, 0.3) is 0 Å². The Bertz CT molecular complexity index is 1080. The van der Waals surface area contributed by atoms with Crippen molar-refractivity contribution in [1.29, 1.82) is 0 Å². The van der Waals surface area contributed by atoms with Gasteiger partial charge in [-0.1, -0.05) is 24.3 Å². The van der Waals surface area contributed by atoms with E-state index in [0.717, 1.165) is 23.5 Å². The minimum Gasteiger partial charge on any atom is -0.238 e. The molecule has 0 N–H and O–H groups in total. The molecule has 1 aromatic carbocycles. The van der Waals surface area contributed by atoms with E-state index in [1.807, 2.05) is 31.2 Å². The third-order valence-electron chi connectivity index (χ3n) is 4.62. The molecule has 0 saturated carbocycles. The van der Waals surface area contributed by atoms with Crippen molar-refractivity contribution < 1.29 is 12.8 Å². The van der Waals surface area contributed by atoms with Crippen molar-refractivity contribution in [3.05, 3.63) is 48.0 Å². The number of sulfone groups is 1. The number of nitrogens with zero attached hydrogens (tertiary/aromatic N) is 5. The van der Waals surface area contributed by atoms with Crippen LogP contribution in [0, 0.1) is 12.7 Å². The van der Waals surface area contributed by atoms with E-state index >= 15 is 0 Å². The van der Waals surface area contributed by atoms with Gasteiger partial charge in [0.15, 0.2) is 33.1 Å². The largest absolute Gasteiger partial charge is 0.238 e. The van der Waals surface area contributed by atoms with E-state index in [1.165, 1.54) is 0 Å². The maximum Gasteiger partial charge on any atom is 0.197 e. The standard InChI is InChI=1S/C18H18FN5O2S/c1-12-5-2-3-7-15(12)16-22-18(17-20-9-13(19)10-21-17)24(23-16)14-6-4-8-27(25,26)11-14/h2-3,5,7,9-10,14H,4,6,8,11H2,1H3. The van der Waals surface area contributed by atoms with E-state index < -0.39 is 15.7 Å². The lowest BCUT2D eigenvalue weighted by atomic mass is 10.1. The normalized spacial score (nSPS) is 19.1. The van der Waals surface area contributed by atoms with Gasteiger partial charge in [-0.05, 0) is 25.3 Å². The van der Waals surface area contributed by atoms with E-state index in [9.17, 15) is 12.8 Å². The molecule has 2 aromatic heterocycles. The Morgan fingerprint density at radius 3 is 2.59 bits per heavy atom. The smallest absolute Gasteiger partial charge is 0.197 e. The van der Waals surface area contributed by atoms with E-state index in [-0.39, 0.29) is 23.4 Å². The molecule has 0 aliphatic carbocycles. The van der Waals surface area contributed by atoms with Crippen LogP contribution in [0.25, 0.3) is 23.0 Å². The monoisotopic (exact) mass is 387 g/mol. The van der Waals surface area contributed by atoms with E-state index in [4.69, 9.17) is 0 Å². The third-order valence-corrected chi connectivity index (χ3v) is 6.43. The highest BCUT2D eigenvalue weighted by atomic mass is 32.2. The van der Waals surface area contributed by atoms with E-state index in [2.05, 4.69) is 20.1 Å². The summed E-state index contributed by atoms with van der Waals surface area (Å²) in [6.45, 7) is 1.95. The number of hydrogen-bond acceptors (Lipinski definition) is 6. The lowest BCUT2D eigenvalue weighted by Gasteiger charge is -2.23. The summed E-state index contributed by atoms with van der Waals surface area (Å²) in [5.74, 6) is 0.661. The summed E-state index contributed by atoms with van der Waals surface area (Å²) < 4.78 is 39.1. The molecule has 1 saturated heterocycles. The molecule has 3 aromatic rings. The first-order chi connectivity index (χ1) is 12.9. The second-order valence-corrected chi connectivity index (χ2v) is 8.88. The summed E-state index contributed by atoms with van der Waals surface area (Å²) in [4.78, 5) is 12.6. The molecular weight excluding hydrogens is 369 g/mol. The summed E-state index contributed by atoms with van der Waals surface area (Å²) in [5.41, 5.74) is 1.84. The fourth-order valence-corrected chi connectivity index (χ4v) is 4.95. The van der Waals surface area contributed by atoms with Crippen LogP contribution < -0.4 is 0 Å². The van der Waals surface area contributed by atoms with Crippen molar-refractivity contribution in [3.8, 4) is 23.0 Å². The van der Waals surface area contributed by atoms with Crippen LogP contribution in [0.15, 0.2) is 36.7 Å². The van der Waals surface area contributed by atoms with Crippen LogP contribution in [-0.4, -0.2) is 44.7 Å². The Morgan fingerprint density at radius 2 is 1.89 bits per heavy atom. The molecule has 0 amide bonds. The Hall–Kier alpha value is -2.68. The molecule has 0 bridgehead atoms. The maximum atomic E-state index is 13.2. The van der Waals surface area contributed by atoms with Gasteiger partial charge in [0.2, 0.25) is 0 Å². The van der Waals surface area contributed by atoms with E-state index in [1.54, 1.807) is 4.68 Å². The molecule has 7 nitrogen and oxygen atoms in total. The zero-order valence-electron chi connectivity index (χ0n) is 14.7. The predicted molar refractivity (Wildman–Crippen MR) is 98.1 cm³/mol. The van der Waals surface area contributed by atoms with Crippen LogP contribution in [0.1, 0.15) is 24.4 Å². The molecule has 27 heavy (non-hydrogen) atoms. The van der Waals surface area contributed by atoms with Crippen LogP contribution in [0.5, 0.6) is 0 Å². The van der Waals surface area contributed by atoms with Crippen LogP contribution >= 0.6 is 0 Å². The highest BCUT2D eigenvalue weighted by Crippen LogP contribution is 2.29. The van der Waals surface area contributed by atoms with Gasteiger partial charge in [0, 0.05) is 5.56 Å². The van der Waals surface area contributed by atoms with E-state index in [0.29, 0.717) is 24.5 Å². The molecule has 1 aliphatic heterocycles. The van der Waals surface area contributed by atoms with Crippen molar-refractivity contribution in [3.63, 3.8) is 0 Å². The van der Waals surface area contributed by atoms with Crippen LogP contribution in [0.2, 0.25) is 0 Å². The first-order valence-corrected chi connectivity index (χ1v) is 10.5. The Labute approximate surface area is 156 Å². The third kappa shape index (κ3) is 3.59. The van der Waals surface area contributed by atoms with Gasteiger partial charge in [-0.2, -0.15) is 5.10 Å². The first kappa shape index (κ1) is 17.7. The predicted octanol–water partition coefficient (Wildman–Crippen LogP) is 2.60. The van der Waals surface area contributed by atoms with Crippen LogP contribution in [0.4, 0.5) is 4.39 Å². The number of benzene rings is 1. The van der Waals surface area contributed by atoms with Crippen molar-refractivity contribution >= 4 is 9.84 Å². The molecule has 4 rings (SSSR count). The average molecular weight is 387 g/mol. The lowest BCUT2D eigenvalue weighted by molar-refractivity contribution is 0.438. The number of hydrogen-bond donors (Lipinski definition) is 0. The summed E-state index contributed by atoms with van der Waals surface area (Å²) in [6, 6.07) is 7.32. The number of halogens is 1. The fourth-order valence-electron chi connectivity index (χ4n) is 3.29. The van der Waals surface area contributed by atoms with Gasteiger partial charge in [0.1, 0.15) is 0 Å². The maximum absolute atomic E-state index is 13.2. The van der Waals surface area contributed by atoms with Gasteiger partial charge in [0.05, 0.1) is 29.9 Å². The van der Waals surface area contributed by atoms with Gasteiger partial charge < -0.3 is 0 Å². The van der Waals surface area contributed by atoms with Crippen molar-refractivity contribution in [2.75, 3.05) is 11.5 Å². The second kappa shape index (κ2) is 6.80. The van der Waals surface area contributed by atoms with Crippen molar-refractivity contribution in [2.45, 2.75) is 25.8 Å². The molecule has 0 spiro atoms. The van der Waals surface area contributed by atoms with Crippen molar-refractivity contribution in [1.82, 2.24) is 24.7 Å². The molecule has 1 atom stereocenters. The van der Waals surface area contributed by atoms with Gasteiger partial charge >= 0.3 is 0 Å². The lowest BCUT2D eigenvalue weighted by Crippen LogP contribution is -2.28. The fraction of sp³-hybridized carbons (Fsp3) is 0.333. The van der Waals surface area contributed by atoms with Gasteiger partial charge in [-0.15, -0.1) is 0 Å². The summed E-state index contributed by atoms with van der Waals surface area (Å²) in [7, 11) is -3.14. The number of aryl methyl sites for hydroxylation is 1.